The van der Waals surface area contributed by atoms with Crippen LogP contribution in [-0.2, 0) is 12.1 Å². The van der Waals surface area contributed by atoms with Crippen molar-refractivity contribution >= 4 is 0 Å². The van der Waals surface area contributed by atoms with Crippen molar-refractivity contribution < 1.29 is 13.9 Å². The van der Waals surface area contributed by atoms with Gasteiger partial charge in [-0.25, -0.2) is 4.39 Å². The van der Waals surface area contributed by atoms with Gasteiger partial charge in [-0.3, -0.25) is 0 Å². The molecule has 0 atom stereocenters. The van der Waals surface area contributed by atoms with Crippen LogP contribution in [0.15, 0.2) is 12.1 Å². The number of piperidine rings is 1. The van der Waals surface area contributed by atoms with Gasteiger partial charge in [-0.1, -0.05) is 0 Å². The molecule has 1 aromatic rings. The second kappa shape index (κ2) is 6.65. The first-order valence-electron chi connectivity index (χ1n) is 7.60. The third-order valence-corrected chi connectivity index (χ3v) is 4.22. The number of halogens is 1. The van der Waals surface area contributed by atoms with Crippen molar-refractivity contribution in [1.29, 1.82) is 0 Å². The van der Waals surface area contributed by atoms with E-state index >= 15 is 0 Å². The molecule has 21 heavy (non-hydrogen) atoms. The van der Waals surface area contributed by atoms with E-state index in [0.29, 0.717) is 23.0 Å². The summed E-state index contributed by atoms with van der Waals surface area (Å²) in [7, 11) is 3.20. The number of hydrogen-bond acceptors (Lipinski definition) is 3. The SMILES string of the molecule is COc1cc(CC2CCNCC2)c(C(C)(C)F)cc1OC. The number of alkyl halides is 1. The van der Waals surface area contributed by atoms with Crippen LogP contribution < -0.4 is 14.8 Å². The van der Waals surface area contributed by atoms with E-state index in [9.17, 15) is 4.39 Å². The van der Waals surface area contributed by atoms with E-state index < -0.39 is 5.67 Å². The molecule has 0 aliphatic carbocycles. The molecule has 0 spiro atoms. The fourth-order valence-corrected chi connectivity index (χ4v) is 3.04. The van der Waals surface area contributed by atoms with E-state index in [4.69, 9.17) is 9.47 Å². The molecule has 0 radical (unpaired) electrons. The summed E-state index contributed by atoms with van der Waals surface area (Å²) in [6, 6.07) is 3.73. The summed E-state index contributed by atoms with van der Waals surface area (Å²) in [5.41, 5.74) is 0.354. The second-order valence-corrected chi connectivity index (χ2v) is 6.23. The Kier molecular flexibility index (Phi) is 5.09. The Balaban J connectivity index is 2.36. The van der Waals surface area contributed by atoms with E-state index in [1.807, 2.05) is 6.07 Å². The second-order valence-electron chi connectivity index (χ2n) is 6.23. The molecule has 1 aliphatic heterocycles. The summed E-state index contributed by atoms with van der Waals surface area (Å²) in [6.07, 6.45) is 3.17. The highest BCUT2D eigenvalue weighted by atomic mass is 19.1. The highest BCUT2D eigenvalue weighted by molar-refractivity contribution is 5.49. The molecule has 0 saturated carbocycles. The molecule has 0 unspecified atom stereocenters. The monoisotopic (exact) mass is 295 g/mol. The lowest BCUT2D eigenvalue weighted by Crippen LogP contribution is -2.29. The predicted octanol–water partition coefficient (Wildman–Crippen LogP) is 3.45. The fourth-order valence-electron chi connectivity index (χ4n) is 3.04. The van der Waals surface area contributed by atoms with Gasteiger partial charge in [0, 0.05) is 0 Å². The minimum atomic E-state index is -1.39. The van der Waals surface area contributed by atoms with Crippen LogP contribution in [-0.4, -0.2) is 27.3 Å². The Morgan fingerprint density at radius 1 is 1.14 bits per heavy atom. The number of ether oxygens (including phenoxy) is 2. The van der Waals surface area contributed by atoms with Crippen LogP contribution in [0.5, 0.6) is 11.5 Å². The Labute approximate surface area is 126 Å². The molecule has 0 amide bonds. The third-order valence-electron chi connectivity index (χ3n) is 4.22. The van der Waals surface area contributed by atoms with Crippen LogP contribution in [0.1, 0.15) is 37.8 Å². The maximum absolute atomic E-state index is 14.6. The molecule has 2 rings (SSSR count). The van der Waals surface area contributed by atoms with Crippen LogP contribution >= 0.6 is 0 Å². The quantitative estimate of drug-likeness (QED) is 0.902. The summed E-state index contributed by atoms with van der Waals surface area (Å²) in [6.45, 7) is 5.29. The number of methoxy groups -OCH3 is 2. The van der Waals surface area contributed by atoms with Crippen molar-refractivity contribution in [3.63, 3.8) is 0 Å². The van der Waals surface area contributed by atoms with Crippen molar-refractivity contribution in [1.82, 2.24) is 5.32 Å². The fraction of sp³-hybridized carbons (Fsp3) is 0.647. The lowest BCUT2D eigenvalue weighted by Gasteiger charge is -2.27. The zero-order valence-corrected chi connectivity index (χ0v) is 13.5. The minimum absolute atomic E-state index is 0.590. The van der Waals surface area contributed by atoms with E-state index in [-0.39, 0.29) is 0 Å². The molecule has 0 bridgehead atoms. The highest BCUT2D eigenvalue weighted by Gasteiger charge is 2.26. The van der Waals surface area contributed by atoms with Gasteiger partial charge in [0.15, 0.2) is 11.5 Å². The van der Waals surface area contributed by atoms with Gasteiger partial charge < -0.3 is 14.8 Å². The molecule has 3 nitrogen and oxygen atoms in total. The zero-order chi connectivity index (χ0) is 15.5. The van der Waals surface area contributed by atoms with Crippen LogP contribution in [0, 0.1) is 5.92 Å². The molecule has 1 heterocycles. The van der Waals surface area contributed by atoms with E-state index in [2.05, 4.69) is 5.32 Å². The molecule has 0 aromatic heterocycles. The Morgan fingerprint density at radius 2 is 1.71 bits per heavy atom. The summed E-state index contributed by atoms with van der Waals surface area (Å²) in [4.78, 5) is 0. The van der Waals surface area contributed by atoms with Gasteiger partial charge in [0.2, 0.25) is 0 Å². The van der Waals surface area contributed by atoms with Gasteiger partial charge in [-0.15, -0.1) is 0 Å². The number of nitrogens with one attached hydrogen (secondary N) is 1. The van der Waals surface area contributed by atoms with Gasteiger partial charge >= 0.3 is 0 Å². The van der Waals surface area contributed by atoms with Crippen LogP contribution in [0.4, 0.5) is 4.39 Å². The first-order chi connectivity index (χ1) is 9.95. The van der Waals surface area contributed by atoms with Crippen LogP contribution in [0.3, 0.4) is 0 Å². The highest BCUT2D eigenvalue weighted by Crippen LogP contribution is 2.38. The topological polar surface area (TPSA) is 30.5 Å². The lowest BCUT2D eigenvalue weighted by molar-refractivity contribution is 0.217. The van der Waals surface area contributed by atoms with Gasteiger partial charge in [0.25, 0.3) is 0 Å². The standard InChI is InChI=1S/C17H26FNO2/c1-17(2,18)14-11-16(21-4)15(20-3)10-13(14)9-12-5-7-19-8-6-12/h10-12,19H,5-9H2,1-4H3. The van der Waals surface area contributed by atoms with Crippen molar-refractivity contribution in [3.05, 3.63) is 23.3 Å². The Morgan fingerprint density at radius 3 is 2.24 bits per heavy atom. The molecular formula is C17H26FNO2. The maximum Gasteiger partial charge on any atom is 0.161 e. The third kappa shape index (κ3) is 3.88. The average Bonchev–Trinajstić information content (AvgIpc) is 2.46. The molecule has 1 fully saturated rings. The number of rotatable bonds is 5. The molecular weight excluding hydrogens is 269 g/mol. The van der Waals surface area contributed by atoms with E-state index in [1.165, 1.54) is 0 Å². The first-order valence-corrected chi connectivity index (χ1v) is 7.60. The predicted molar refractivity (Wildman–Crippen MR) is 83.0 cm³/mol. The molecule has 1 aliphatic rings. The van der Waals surface area contributed by atoms with Gasteiger partial charge in [-0.2, -0.15) is 0 Å². The lowest BCUT2D eigenvalue weighted by atomic mass is 9.85. The van der Waals surface area contributed by atoms with Gasteiger partial charge in [0.1, 0.15) is 5.67 Å². The average molecular weight is 295 g/mol. The zero-order valence-electron chi connectivity index (χ0n) is 13.5. The largest absolute Gasteiger partial charge is 0.493 e. The number of benzene rings is 1. The van der Waals surface area contributed by atoms with Crippen molar-refractivity contribution in [2.75, 3.05) is 27.3 Å². The maximum atomic E-state index is 14.6. The molecule has 118 valence electrons. The summed E-state index contributed by atoms with van der Waals surface area (Å²) >= 11 is 0. The molecule has 1 N–H and O–H groups in total. The normalized spacial score (nSPS) is 16.8. The summed E-state index contributed by atoms with van der Waals surface area (Å²) < 4.78 is 25.3. The summed E-state index contributed by atoms with van der Waals surface area (Å²) in [5, 5.41) is 3.37. The van der Waals surface area contributed by atoms with Gasteiger partial charge in [-0.05, 0) is 75.4 Å². The van der Waals surface area contributed by atoms with Crippen molar-refractivity contribution in [3.8, 4) is 11.5 Å². The minimum Gasteiger partial charge on any atom is -0.493 e. The van der Waals surface area contributed by atoms with E-state index in [0.717, 1.165) is 37.9 Å². The van der Waals surface area contributed by atoms with Gasteiger partial charge in [0.05, 0.1) is 14.2 Å². The first kappa shape index (κ1) is 16.1. The smallest absolute Gasteiger partial charge is 0.161 e. The molecule has 1 saturated heterocycles. The summed E-state index contributed by atoms with van der Waals surface area (Å²) in [5.74, 6) is 1.87. The van der Waals surface area contributed by atoms with Crippen LogP contribution in [0.25, 0.3) is 0 Å². The Bertz CT molecular complexity index is 476. The van der Waals surface area contributed by atoms with Crippen molar-refractivity contribution in [2.24, 2.45) is 5.92 Å². The van der Waals surface area contributed by atoms with Crippen LogP contribution in [0.2, 0.25) is 0 Å². The Hall–Kier alpha value is -1.29. The van der Waals surface area contributed by atoms with Crippen molar-refractivity contribution in [2.45, 2.75) is 38.8 Å². The number of hydrogen-bond donors (Lipinski definition) is 1. The molecule has 1 aromatic carbocycles. The molecule has 4 heteroatoms. The van der Waals surface area contributed by atoms with E-state index in [1.54, 1.807) is 34.1 Å².